The van der Waals surface area contributed by atoms with Crippen LogP contribution in [0.25, 0.3) is 0 Å². The van der Waals surface area contributed by atoms with Crippen LogP contribution in [0.2, 0.25) is 0 Å². The van der Waals surface area contributed by atoms with E-state index in [4.69, 9.17) is 14.3 Å². The number of benzene rings is 1. The Morgan fingerprint density at radius 3 is 2.89 bits per heavy atom. The monoisotopic (exact) mass is 249 g/mol. The van der Waals surface area contributed by atoms with Crippen molar-refractivity contribution in [2.45, 2.75) is 26.1 Å². The third kappa shape index (κ3) is 3.23. The van der Waals surface area contributed by atoms with Crippen LogP contribution in [-0.4, -0.2) is 24.8 Å². The summed E-state index contributed by atoms with van der Waals surface area (Å²) in [5.41, 5.74) is 0.858. The predicted octanol–water partition coefficient (Wildman–Crippen LogP) is 2.06. The Labute approximate surface area is 105 Å². The minimum Gasteiger partial charge on any atom is -0.466 e. The number of hydrogen-bond acceptors (Lipinski definition) is 5. The van der Waals surface area contributed by atoms with Gasteiger partial charge in [0.05, 0.1) is 13.0 Å². The summed E-state index contributed by atoms with van der Waals surface area (Å²) in [5, 5.41) is 3.85. The molecule has 1 aliphatic rings. The van der Waals surface area contributed by atoms with Gasteiger partial charge in [0.1, 0.15) is 0 Å². The first kappa shape index (κ1) is 12.4. The van der Waals surface area contributed by atoms with Crippen LogP contribution in [0, 0.1) is 0 Å². The summed E-state index contributed by atoms with van der Waals surface area (Å²) in [6.45, 7) is 2.16. The number of oxime groups is 1. The zero-order valence-corrected chi connectivity index (χ0v) is 10.2. The van der Waals surface area contributed by atoms with Crippen LogP contribution in [0.4, 0.5) is 0 Å². The second-order valence-electron chi connectivity index (χ2n) is 3.76. The first-order chi connectivity index (χ1) is 8.79. The smallest absolute Gasteiger partial charge is 0.306 e. The maximum Gasteiger partial charge on any atom is 0.306 e. The Kier molecular flexibility index (Phi) is 4.17. The average molecular weight is 249 g/mol. The third-order valence-corrected chi connectivity index (χ3v) is 2.41. The van der Waals surface area contributed by atoms with Gasteiger partial charge in [-0.2, -0.15) is 0 Å². The van der Waals surface area contributed by atoms with Gasteiger partial charge in [0.2, 0.25) is 0 Å². The van der Waals surface area contributed by atoms with Crippen molar-refractivity contribution < 1.29 is 19.1 Å². The fourth-order valence-electron chi connectivity index (χ4n) is 1.56. The molecule has 1 aromatic carbocycles. The molecule has 18 heavy (non-hydrogen) atoms. The predicted molar refractivity (Wildman–Crippen MR) is 64.8 cm³/mol. The van der Waals surface area contributed by atoms with Crippen LogP contribution in [-0.2, 0) is 19.1 Å². The number of carbonyl (C=O) groups excluding carboxylic acids is 1. The number of nitrogens with zero attached hydrogens (tertiary/aromatic N) is 1. The van der Waals surface area contributed by atoms with Crippen molar-refractivity contribution in [2.75, 3.05) is 6.61 Å². The lowest BCUT2D eigenvalue weighted by molar-refractivity contribution is -0.145. The topological polar surface area (TPSA) is 57.1 Å². The number of carbonyl (C=O) groups is 1. The molecule has 2 rings (SSSR count). The molecule has 0 N–H and O–H groups in total. The highest BCUT2D eigenvalue weighted by atomic mass is 16.8. The van der Waals surface area contributed by atoms with Crippen LogP contribution < -0.4 is 0 Å². The van der Waals surface area contributed by atoms with Crippen molar-refractivity contribution in [1.82, 2.24) is 0 Å². The lowest BCUT2D eigenvalue weighted by atomic mass is 10.2. The van der Waals surface area contributed by atoms with Gasteiger partial charge in [-0.05, 0) is 24.2 Å². The zero-order valence-electron chi connectivity index (χ0n) is 10.2. The minimum atomic E-state index is -0.510. The van der Waals surface area contributed by atoms with Crippen LogP contribution in [0.5, 0.6) is 0 Å². The molecule has 0 radical (unpaired) electrons. The molecule has 1 atom stereocenters. The highest BCUT2D eigenvalue weighted by Gasteiger charge is 2.23. The average Bonchev–Trinajstić information content (AvgIpc) is 2.87. The standard InChI is InChI=1S/C13H15NO4/c1-2-16-11(15)8-9-12-17-13(14-18-12)10-6-4-3-5-7-10/h3-7,12H,2,8-9H2,1H3. The number of hydrogen-bond donors (Lipinski definition) is 0. The summed E-state index contributed by atoms with van der Waals surface area (Å²) in [5.74, 6) is 0.197. The molecule has 96 valence electrons. The molecule has 0 amide bonds. The summed E-state index contributed by atoms with van der Waals surface area (Å²) in [7, 11) is 0. The molecular formula is C13H15NO4. The van der Waals surface area contributed by atoms with Gasteiger partial charge in [-0.25, -0.2) is 0 Å². The van der Waals surface area contributed by atoms with E-state index >= 15 is 0 Å². The summed E-state index contributed by atoms with van der Waals surface area (Å²) in [6, 6.07) is 9.48. The van der Waals surface area contributed by atoms with E-state index in [9.17, 15) is 4.79 Å². The fourth-order valence-corrected chi connectivity index (χ4v) is 1.56. The molecule has 0 aromatic heterocycles. The Morgan fingerprint density at radius 2 is 2.17 bits per heavy atom. The van der Waals surface area contributed by atoms with E-state index < -0.39 is 6.29 Å². The SMILES string of the molecule is CCOC(=O)CCC1ON=C(c2ccccc2)O1. The molecule has 0 aliphatic carbocycles. The van der Waals surface area contributed by atoms with E-state index in [0.717, 1.165) is 5.56 Å². The van der Waals surface area contributed by atoms with Gasteiger partial charge >= 0.3 is 5.97 Å². The maximum absolute atomic E-state index is 11.2. The van der Waals surface area contributed by atoms with E-state index in [1.165, 1.54) is 0 Å². The minimum absolute atomic E-state index is 0.252. The van der Waals surface area contributed by atoms with E-state index in [-0.39, 0.29) is 12.4 Å². The van der Waals surface area contributed by atoms with Crippen molar-refractivity contribution in [2.24, 2.45) is 5.16 Å². The van der Waals surface area contributed by atoms with Crippen molar-refractivity contribution in [3.05, 3.63) is 35.9 Å². The Hall–Kier alpha value is -2.04. The van der Waals surface area contributed by atoms with Gasteiger partial charge in [0.25, 0.3) is 12.2 Å². The molecule has 0 spiro atoms. The quantitative estimate of drug-likeness (QED) is 0.749. The van der Waals surface area contributed by atoms with Gasteiger partial charge in [0, 0.05) is 12.0 Å². The number of ether oxygens (including phenoxy) is 2. The Morgan fingerprint density at radius 1 is 1.39 bits per heavy atom. The molecule has 0 bridgehead atoms. The van der Waals surface area contributed by atoms with Crippen molar-refractivity contribution in [3.63, 3.8) is 0 Å². The second-order valence-corrected chi connectivity index (χ2v) is 3.76. The summed E-state index contributed by atoms with van der Waals surface area (Å²) >= 11 is 0. The second kappa shape index (κ2) is 6.05. The fraction of sp³-hybridized carbons (Fsp3) is 0.385. The van der Waals surface area contributed by atoms with E-state index in [1.807, 2.05) is 30.3 Å². The number of esters is 1. The molecule has 1 aliphatic heterocycles. The lowest BCUT2D eigenvalue weighted by Gasteiger charge is -2.08. The third-order valence-electron chi connectivity index (χ3n) is 2.41. The highest BCUT2D eigenvalue weighted by Crippen LogP contribution is 2.17. The van der Waals surface area contributed by atoms with Crippen LogP contribution in [0.1, 0.15) is 25.3 Å². The van der Waals surface area contributed by atoms with Gasteiger partial charge < -0.3 is 14.3 Å². The van der Waals surface area contributed by atoms with Crippen LogP contribution in [0.15, 0.2) is 35.5 Å². The van der Waals surface area contributed by atoms with Gasteiger partial charge in [-0.15, -0.1) is 0 Å². The summed E-state index contributed by atoms with van der Waals surface area (Å²) in [4.78, 5) is 16.3. The molecule has 0 fully saturated rings. The Balaban J connectivity index is 1.79. The molecular weight excluding hydrogens is 234 g/mol. The first-order valence-corrected chi connectivity index (χ1v) is 5.91. The Bertz CT molecular complexity index is 430. The highest BCUT2D eigenvalue weighted by molar-refractivity contribution is 5.94. The number of rotatable bonds is 5. The largest absolute Gasteiger partial charge is 0.466 e. The van der Waals surface area contributed by atoms with E-state index in [0.29, 0.717) is 18.9 Å². The summed E-state index contributed by atoms with van der Waals surface area (Å²) < 4.78 is 10.3. The molecule has 1 unspecified atom stereocenters. The van der Waals surface area contributed by atoms with Crippen LogP contribution >= 0.6 is 0 Å². The van der Waals surface area contributed by atoms with Gasteiger partial charge in [0.15, 0.2) is 0 Å². The van der Waals surface area contributed by atoms with E-state index in [2.05, 4.69) is 5.16 Å². The molecule has 0 saturated heterocycles. The zero-order chi connectivity index (χ0) is 12.8. The van der Waals surface area contributed by atoms with Crippen molar-refractivity contribution in [1.29, 1.82) is 0 Å². The van der Waals surface area contributed by atoms with Gasteiger partial charge in [-0.3, -0.25) is 4.79 Å². The molecule has 1 aromatic rings. The van der Waals surface area contributed by atoms with Crippen molar-refractivity contribution in [3.8, 4) is 0 Å². The first-order valence-electron chi connectivity index (χ1n) is 5.91. The maximum atomic E-state index is 11.2. The molecule has 5 heteroatoms. The molecule has 5 nitrogen and oxygen atoms in total. The van der Waals surface area contributed by atoms with E-state index in [1.54, 1.807) is 6.92 Å². The molecule has 0 saturated carbocycles. The van der Waals surface area contributed by atoms with Gasteiger partial charge in [-0.1, -0.05) is 18.2 Å². The van der Waals surface area contributed by atoms with Crippen molar-refractivity contribution >= 4 is 11.9 Å². The normalized spacial score (nSPS) is 17.6. The summed E-state index contributed by atoms with van der Waals surface area (Å²) in [6.07, 6.45) is 0.180. The lowest BCUT2D eigenvalue weighted by Crippen LogP contribution is -2.15. The van der Waals surface area contributed by atoms with Crippen LogP contribution in [0.3, 0.4) is 0 Å². The molecule has 1 heterocycles.